The molecule has 1 aliphatic heterocycles. The van der Waals surface area contributed by atoms with Crippen molar-refractivity contribution >= 4 is 28.0 Å². The third-order valence-corrected chi connectivity index (χ3v) is 6.93. The smallest absolute Gasteiger partial charge is 0.226 e. The van der Waals surface area contributed by atoms with Crippen molar-refractivity contribution in [1.82, 2.24) is 9.55 Å². The lowest BCUT2D eigenvalue weighted by molar-refractivity contribution is -0.551. The number of nitrogens with zero attached hydrogens (tertiary/aromatic N) is 3. The minimum atomic E-state index is 0.0401. The minimum absolute atomic E-state index is 0.0401. The van der Waals surface area contributed by atoms with Gasteiger partial charge in [0.15, 0.2) is 17.7 Å². The number of imidazole rings is 1. The van der Waals surface area contributed by atoms with Gasteiger partial charge in [0.25, 0.3) is 0 Å². The number of para-hydroxylation sites is 1. The van der Waals surface area contributed by atoms with Gasteiger partial charge in [0.1, 0.15) is 5.82 Å². The monoisotopic (exact) mass is 370 g/mol. The van der Waals surface area contributed by atoms with E-state index in [1.807, 2.05) is 6.20 Å². The van der Waals surface area contributed by atoms with Gasteiger partial charge in [-0.2, -0.15) is 4.57 Å². The summed E-state index contributed by atoms with van der Waals surface area (Å²) in [6, 6.07) is 10.5. The third-order valence-electron chi connectivity index (χ3n) is 6.93. The highest BCUT2D eigenvalue weighted by molar-refractivity contribution is 6.30. The van der Waals surface area contributed by atoms with Crippen molar-refractivity contribution < 1.29 is 9.36 Å². The fourth-order valence-corrected chi connectivity index (χ4v) is 5.20. The molecule has 0 saturated heterocycles. The zero-order chi connectivity index (χ0) is 18.7. The third kappa shape index (κ3) is 2.33. The van der Waals surface area contributed by atoms with E-state index < -0.39 is 0 Å². The van der Waals surface area contributed by atoms with E-state index in [4.69, 9.17) is 0 Å². The van der Waals surface area contributed by atoms with E-state index in [-0.39, 0.29) is 5.92 Å². The maximum Gasteiger partial charge on any atom is 0.226 e. The molecule has 0 spiro atoms. The molecule has 0 unspecified atom stereocenters. The zero-order valence-corrected chi connectivity index (χ0v) is 16.0. The number of aromatic nitrogens is 3. The molecule has 0 bridgehead atoms. The van der Waals surface area contributed by atoms with Crippen LogP contribution >= 0.6 is 0 Å². The predicted molar refractivity (Wildman–Crippen MR) is 108 cm³/mol. The summed E-state index contributed by atoms with van der Waals surface area (Å²) in [4.78, 5) is 18.1. The van der Waals surface area contributed by atoms with Gasteiger partial charge in [0.05, 0.1) is 11.1 Å². The van der Waals surface area contributed by atoms with Crippen LogP contribution in [0.3, 0.4) is 0 Å². The van der Waals surface area contributed by atoms with Crippen LogP contribution in [0.15, 0.2) is 48.9 Å². The molecule has 4 heteroatoms. The lowest BCUT2D eigenvalue weighted by atomic mass is 9.82. The molecule has 1 saturated carbocycles. The van der Waals surface area contributed by atoms with Gasteiger partial charge >= 0.3 is 0 Å². The van der Waals surface area contributed by atoms with Crippen LogP contribution in [0.4, 0.5) is 0 Å². The van der Waals surface area contributed by atoms with Crippen LogP contribution < -0.4 is 4.57 Å². The molecule has 2 aliphatic carbocycles. The highest BCUT2D eigenvalue weighted by Gasteiger charge is 2.42. The van der Waals surface area contributed by atoms with Crippen molar-refractivity contribution in [2.24, 2.45) is 11.8 Å². The highest BCUT2D eigenvalue weighted by atomic mass is 16.1. The fraction of sp³-hybridized carbons (Fsp3) is 0.375. The number of hydrogen-bond acceptors (Lipinski definition) is 2. The van der Waals surface area contributed by atoms with E-state index in [0.717, 1.165) is 48.7 Å². The van der Waals surface area contributed by atoms with E-state index in [2.05, 4.69) is 56.8 Å². The average Bonchev–Trinajstić information content (AvgIpc) is 3.25. The first-order valence-corrected chi connectivity index (χ1v) is 10.5. The van der Waals surface area contributed by atoms with Crippen molar-refractivity contribution in [1.29, 1.82) is 0 Å². The topological polar surface area (TPSA) is 38.8 Å². The summed E-state index contributed by atoms with van der Waals surface area (Å²) in [5.74, 6) is 2.29. The molecule has 1 atom stereocenters. The molecule has 140 valence electrons. The Labute approximate surface area is 164 Å². The number of Topliss-reactive ketones (excluding diaryl/α,β-unsaturated/α-hetero) is 1. The summed E-state index contributed by atoms with van der Waals surface area (Å²) in [5, 5.41) is 1.20. The molecule has 3 aliphatic rings. The number of carbonyl (C=O) groups is 1. The van der Waals surface area contributed by atoms with Crippen LogP contribution in [-0.4, -0.2) is 15.3 Å². The van der Waals surface area contributed by atoms with E-state index in [9.17, 15) is 4.79 Å². The summed E-state index contributed by atoms with van der Waals surface area (Å²) in [6.45, 7) is 0.759. The first kappa shape index (κ1) is 16.2. The molecule has 4 nitrogen and oxygen atoms in total. The molecule has 3 aromatic rings. The van der Waals surface area contributed by atoms with Crippen LogP contribution in [0.1, 0.15) is 43.5 Å². The van der Waals surface area contributed by atoms with Gasteiger partial charge in [-0.05, 0) is 30.5 Å². The van der Waals surface area contributed by atoms with Gasteiger partial charge in [0, 0.05) is 49.2 Å². The molecular weight excluding hydrogens is 346 g/mol. The van der Waals surface area contributed by atoms with Gasteiger partial charge in [0.2, 0.25) is 5.52 Å². The van der Waals surface area contributed by atoms with Gasteiger partial charge in [-0.15, -0.1) is 0 Å². The maximum absolute atomic E-state index is 13.5. The number of carbonyl (C=O) groups excluding carboxylic acids is 1. The number of hydrogen-bond donors (Lipinski definition) is 0. The van der Waals surface area contributed by atoms with Gasteiger partial charge in [-0.1, -0.05) is 25.3 Å². The Hall–Kier alpha value is -2.75. The second-order valence-corrected chi connectivity index (χ2v) is 8.54. The fourth-order valence-electron chi connectivity index (χ4n) is 5.20. The number of rotatable bonds is 4. The van der Waals surface area contributed by atoms with Crippen LogP contribution in [-0.2, 0) is 17.8 Å². The Morgan fingerprint density at radius 1 is 1.14 bits per heavy atom. The number of benzene rings is 1. The second-order valence-electron chi connectivity index (χ2n) is 8.54. The lowest BCUT2D eigenvalue weighted by Gasteiger charge is -2.26. The summed E-state index contributed by atoms with van der Waals surface area (Å²) in [6.07, 6.45) is 13.0. The largest absolute Gasteiger partial charge is 0.334 e. The molecule has 3 heterocycles. The summed E-state index contributed by atoms with van der Waals surface area (Å²) < 4.78 is 4.48. The number of allylic oxidation sites excluding steroid dienone is 2. The Morgan fingerprint density at radius 2 is 2.04 bits per heavy atom. The van der Waals surface area contributed by atoms with Crippen molar-refractivity contribution in [3.05, 3.63) is 60.3 Å². The van der Waals surface area contributed by atoms with Crippen LogP contribution in [0.2, 0.25) is 0 Å². The standard InChI is InChI=1S/C24H24N3O/c28-24-18(15-26-13-11-25-21(26)14-16-4-1-5-16)9-10-20-22(24)19-8-2-6-17-7-3-12-27(20)23(17)19/h2-3,6-8,11-13,16,18H,1,4-5,9-10,14-15H2/q+1/t18-/m1/s1. The van der Waals surface area contributed by atoms with Crippen LogP contribution in [0, 0.1) is 11.8 Å². The summed E-state index contributed by atoms with van der Waals surface area (Å²) in [5.41, 5.74) is 4.45. The van der Waals surface area contributed by atoms with Crippen LogP contribution in [0.5, 0.6) is 0 Å². The first-order chi connectivity index (χ1) is 13.8. The van der Waals surface area contributed by atoms with Gasteiger partial charge in [-0.25, -0.2) is 4.98 Å². The number of pyridine rings is 1. The molecule has 2 aromatic heterocycles. The van der Waals surface area contributed by atoms with E-state index in [1.54, 1.807) is 0 Å². The Balaban J connectivity index is 1.32. The number of ketones is 1. The van der Waals surface area contributed by atoms with Gasteiger partial charge < -0.3 is 4.57 Å². The normalized spacial score (nSPS) is 21.3. The van der Waals surface area contributed by atoms with Gasteiger partial charge in [-0.3, -0.25) is 4.79 Å². The van der Waals surface area contributed by atoms with E-state index in [1.165, 1.54) is 35.9 Å². The van der Waals surface area contributed by atoms with Crippen molar-refractivity contribution in [2.45, 2.75) is 45.1 Å². The van der Waals surface area contributed by atoms with Crippen molar-refractivity contribution in [2.75, 3.05) is 0 Å². The first-order valence-electron chi connectivity index (χ1n) is 10.5. The lowest BCUT2D eigenvalue weighted by Crippen LogP contribution is -2.34. The van der Waals surface area contributed by atoms with Crippen molar-refractivity contribution in [3.8, 4) is 0 Å². The Morgan fingerprint density at radius 3 is 2.89 bits per heavy atom. The zero-order valence-electron chi connectivity index (χ0n) is 16.0. The minimum Gasteiger partial charge on any atom is -0.334 e. The second kappa shape index (κ2) is 6.13. The SMILES string of the molecule is O=C1C2=C(CC[C@@H]1Cn1ccnc1CC1CCC1)[n+]1cccc3cccc2c31. The predicted octanol–water partition coefficient (Wildman–Crippen LogP) is 4.03. The molecule has 1 fully saturated rings. The number of fused-ring (bicyclic) bond motifs is 2. The molecule has 0 radical (unpaired) electrons. The molecular formula is C24H24N3O+. The quantitative estimate of drug-likeness (QED) is 0.651. The molecule has 0 amide bonds. The highest BCUT2D eigenvalue weighted by Crippen LogP contribution is 2.40. The van der Waals surface area contributed by atoms with E-state index >= 15 is 0 Å². The van der Waals surface area contributed by atoms with Crippen LogP contribution in [0.25, 0.3) is 22.2 Å². The molecule has 1 aromatic carbocycles. The Bertz CT molecular complexity index is 1130. The molecule has 28 heavy (non-hydrogen) atoms. The summed E-state index contributed by atoms with van der Waals surface area (Å²) >= 11 is 0. The molecule has 6 rings (SSSR count). The Kier molecular flexibility index (Phi) is 3.55. The maximum atomic E-state index is 13.5. The summed E-state index contributed by atoms with van der Waals surface area (Å²) in [7, 11) is 0. The van der Waals surface area contributed by atoms with Crippen molar-refractivity contribution in [3.63, 3.8) is 0 Å². The molecule has 0 N–H and O–H groups in total. The average molecular weight is 370 g/mol. The van der Waals surface area contributed by atoms with E-state index in [0.29, 0.717) is 5.78 Å².